The molecule has 29 heavy (non-hydrogen) atoms. The number of aliphatic hydroxyl groups is 1. The highest BCUT2D eigenvalue weighted by atomic mass is 16.3. The first-order valence-corrected chi connectivity index (χ1v) is 10.4. The van der Waals surface area contributed by atoms with Gasteiger partial charge in [0.15, 0.2) is 5.69 Å². The third kappa shape index (κ3) is 4.34. The summed E-state index contributed by atoms with van der Waals surface area (Å²) in [5, 5.41) is 17.0. The summed E-state index contributed by atoms with van der Waals surface area (Å²) in [6.45, 7) is 2.96. The Morgan fingerprint density at radius 2 is 2.07 bits per heavy atom. The number of aliphatic hydroxyl groups excluding tert-OH is 1. The third-order valence-electron chi connectivity index (χ3n) is 5.83. The van der Waals surface area contributed by atoms with Gasteiger partial charge in [-0.1, -0.05) is 49.1 Å². The predicted molar refractivity (Wildman–Crippen MR) is 108 cm³/mol. The highest BCUT2D eigenvalue weighted by Crippen LogP contribution is 2.26. The molecule has 1 aromatic carbocycles. The van der Waals surface area contributed by atoms with Crippen LogP contribution < -0.4 is 5.32 Å². The number of hydrogen-bond acceptors (Lipinski definition) is 4. The van der Waals surface area contributed by atoms with Crippen LogP contribution in [0.3, 0.4) is 0 Å². The molecule has 4 rings (SSSR count). The van der Waals surface area contributed by atoms with Crippen LogP contribution >= 0.6 is 0 Å². The lowest BCUT2D eigenvalue weighted by molar-refractivity contribution is 0.0606. The first kappa shape index (κ1) is 19.6. The molecule has 1 aliphatic heterocycles. The van der Waals surface area contributed by atoms with Gasteiger partial charge in [-0.25, -0.2) is 0 Å². The zero-order chi connectivity index (χ0) is 20.4. The van der Waals surface area contributed by atoms with Crippen LogP contribution in [0.15, 0.2) is 30.3 Å². The number of carbonyl (C=O) groups excluding carboxylic acids is 2. The van der Waals surface area contributed by atoms with Gasteiger partial charge in [0.05, 0.1) is 12.6 Å². The fourth-order valence-electron chi connectivity index (χ4n) is 4.32. The third-order valence-corrected chi connectivity index (χ3v) is 5.83. The van der Waals surface area contributed by atoms with Gasteiger partial charge in [-0.3, -0.25) is 14.3 Å². The summed E-state index contributed by atoms with van der Waals surface area (Å²) in [4.78, 5) is 27.7. The summed E-state index contributed by atoms with van der Waals surface area (Å²) < 4.78 is 1.45. The molecule has 2 N–H and O–H groups in total. The van der Waals surface area contributed by atoms with Gasteiger partial charge in [-0.2, -0.15) is 5.10 Å². The van der Waals surface area contributed by atoms with E-state index in [0.717, 1.165) is 36.8 Å². The molecule has 7 nitrogen and oxygen atoms in total. The van der Waals surface area contributed by atoms with E-state index in [2.05, 4.69) is 16.5 Å². The highest BCUT2D eigenvalue weighted by Gasteiger charge is 2.30. The Kier molecular flexibility index (Phi) is 5.67. The van der Waals surface area contributed by atoms with E-state index in [1.165, 1.54) is 11.1 Å². The number of β-amino-alcohol motifs (C(OH)–C–C–N with tert-alkyl or cyclic N) is 1. The Bertz CT molecular complexity index is 901. The maximum absolute atomic E-state index is 13.5. The van der Waals surface area contributed by atoms with E-state index >= 15 is 0 Å². The number of hydrogen-bond donors (Lipinski definition) is 2. The second kappa shape index (κ2) is 8.37. The molecule has 2 amide bonds. The molecule has 2 aromatic rings. The number of aryl methyl sites for hydroxylation is 1. The molecular weight excluding hydrogens is 368 g/mol. The molecule has 1 saturated carbocycles. The van der Waals surface area contributed by atoms with Crippen LogP contribution in [0.1, 0.15) is 64.2 Å². The molecule has 0 bridgehead atoms. The summed E-state index contributed by atoms with van der Waals surface area (Å²) in [5.41, 5.74) is 2.85. The Morgan fingerprint density at radius 1 is 1.28 bits per heavy atom. The predicted octanol–water partition coefficient (Wildman–Crippen LogP) is 2.27. The maximum Gasteiger partial charge on any atom is 0.274 e. The summed E-state index contributed by atoms with van der Waals surface area (Å²) in [5.74, 6) is -0.461. The molecule has 1 atom stereocenters. The van der Waals surface area contributed by atoms with E-state index in [0.29, 0.717) is 12.2 Å². The van der Waals surface area contributed by atoms with E-state index in [-0.39, 0.29) is 36.6 Å². The lowest BCUT2D eigenvalue weighted by atomic mass is 9.93. The van der Waals surface area contributed by atoms with E-state index in [9.17, 15) is 14.7 Å². The summed E-state index contributed by atoms with van der Waals surface area (Å²) in [6.07, 6.45) is 4.71. The first-order chi connectivity index (χ1) is 14.0. The quantitative estimate of drug-likeness (QED) is 0.830. The molecule has 7 heteroatoms. The minimum atomic E-state index is -0.718. The summed E-state index contributed by atoms with van der Waals surface area (Å²) in [7, 11) is 0. The number of fused-ring (bicyclic) bond motifs is 1. The number of nitrogens with one attached hydrogen (secondary N) is 1. The highest BCUT2D eigenvalue weighted by molar-refractivity contribution is 5.98. The van der Waals surface area contributed by atoms with Crippen molar-refractivity contribution < 1.29 is 14.7 Å². The van der Waals surface area contributed by atoms with Crippen molar-refractivity contribution in [1.29, 1.82) is 0 Å². The molecule has 0 radical (unpaired) electrons. The monoisotopic (exact) mass is 396 g/mol. The smallest absolute Gasteiger partial charge is 0.274 e. The SMILES string of the molecule is Cc1cccc(CN(C(=O)c2cc3n(n2)C[C@H](O)CNC3=O)C2CCCCC2)c1. The van der Waals surface area contributed by atoms with Gasteiger partial charge < -0.3 is 15.3 Å². The van der Waals surface area contributed by atoms with E-state index in [4.69, 9.17) is 0 Å². The molecular formula is C22H28N4O3. The number of nitrogens with zero attached hydrogens (tertiary/aromatic N) is 3. The number of carbonyl (C=O) groups is 2. The number of amides is 2. The lowest BCUT2D eigenvalue weighted by Gasteiger charge is -2.34. The molecule has 1 fully saturated rings. The van der Waals surface area contributed by atoms with Crippen molar-refractivity contribution in [3.63, 3.8) is 0 Å². The molecule has 2 heterocycles. The normalized spacial score (nSPS) is 19.9. The van der Waals surface area contributed by atoms with Gasteiger partial charge in [0.1, 0.15) is 5.69 Å². The van der Waals surface area contributed by atoms with Crippen molar-refractivity contribution >= 4 is 11.8 Å². The number of rotatable bonds is 4. The van der Waals surface area contributed by atoms with Crippen LogP contribution in [0.4, 0.5) is 0 Å². The van der Waals surface area contributed by atoms with Crippen LogP contribution in [-0.2, 0) is 13.1 Å². The standard InChI is InChI=1S/C22H28N4O3/c1-15-6-5-7-16(10-15)13-25(17-8-3-2-4-9-17)22(29)19-11-20-21(28)23-12-18(27)14-26(20)24-19/h5-7,10-11,17-18,27H,2-4,8-9,12-14H2,1H3,(H,23,28)/t18-/m1/s1. The van der Waals surface area contributed by atoms with Gasteiger partial charge in [0, 0.05) is 25.2 Å². The van der Waals surface area contributed by atoms with Crippen LogP contribution in [0.2, 0.25) is 0 Å². The van der Waals surface area contributed by atoms with Crippen molar-refractivity contribution in [2.45, 2.75) is 64.3 Å². The number of aromatic nitrogens is 2. The Morgan fingerprint density at radius 3 is 2.83 bits per heavy atom. The Balaban J connectivity index is 1.63. The second-order valence-electron chi connectivity index (χ2n) is 8.17. The minimum Gasteiger partial charge on any atom is -0.389 e. The van der Waals surface area contributed by atoms with E-state index in [1.807, 2.05) is 30.0 Å². The van der Waals surface area contributed by atoms with Crippen LogP contribution in [0.25, 0.3) is 0 Å². The molecule has 154 valence electrons. The van der Waals surface area contributed by atoms with Gasteiger partial charge in [-0.05, 0) is 25.3 Å². The van der Waals surface area contributed by atoms with Gasteiger partial charge in [0.2, 0.25) is 0 Å². The van der Waals surface area contributed by atoms with Crippen molar-refractivity contribution in [2.24, 2.45) is 0 Å². The maximum atomic E-state index is 13.5. The molecule has 0 unspecified atom stereocenters. The van der Waals surface area contributed by atoms with Crippen LogP contribution in [0.5, 0.6) is 0 Å². The molecule has 2 aliphatic rings. The van der Waals surface area contributed by atoms with Gasteiger partial charge in [0.25, 0.3) is 11.8 Å². The zero-order valence-corrected chi connectivity index (χ0v) is 16.8. The average molecular weight is 396 g/mol. The van der Waals surface area contributed by atoms with Crippen molar-refractivity contribution in [1.82, 2.24) is 20.0 Å². The molecule has 0 spiro atoms. The van der Waals surface area contributed by atoms with E-state index in [1.54, 1.807) is 6.07 Å². The first-order valence-electron chi connectivity index (χ1n) is 10.4. The molecule has 1 aliphatic carbocycles. The van der Waals surface area contributed by atoms with Crippen molar-refractivity contribution in [3.05, 3.63) is 52.8 Å². The second-order valence-corrected chi connectivity index (χ2v) is 8.17. The Hall–Kier alpha value is -2.67. The van der Waals surface area contributed by atoms with Crippen molar-refractivity contribution in [2.75, 3.05) is 6.54 Å². The Labute approximate surface area is 170 Å². The van der Waals surface area contributed by atoms with E-state index < -0.39 is 6.10 Å². The molecule has 1 aromatic heterocycles. The van der Waals surface area contributed by atoms with Crippen LogP contribution in [0, 0.1) is 6.92 Å². The largest absolute Gasteiger partial charge is 0.389 e. The zero-order valence-electron chi connectivity index (χ0n) is 16.8. The summed E-state index contributed by atoms with van der Waals surface area (Å²) >= 11 is 0. The lowest BCUT2D eigenvalue weighted by Crippen LogP contribution is -2.41. The molecule has 0 saturated heterocycles. The fraction of sp³-hybridized carbons (Fsp3) is 0.500. The average Bonchev–Trinajstić information content (AvgIpc) is 3.09. The van der Waals surface area contributed by atoms with Crippen LogP contribution in [-0.4, -0.2) is 50.3 Å². The fourth-order valence-corrected chi connectivity index (χ4v) is 4.32. The van der Waals surface area contributed by atoms with Gasteiger partial charge in [-0.15, -0.1) is 0 Å². The topological polar surface area (TPSA) is 87.5 Å². The minimum absolute atomic E-state index is 0.152. The van der Waals surface area contributed by atoms with Gasteiger partial charge >= 0.3 is 0 Å². The summed E-state index contributed by atoms with van der Waals surface area (Å²) in [6, 6.07) is 9.95. The van der Waals surface area contributed by atoms with Crippen molar-refractivity contribution in [3.8, 4) is 0 Å². The number of benzene rings is 1.